The first-order valence-corrected chi connectivity index (χ1v) is 4.70. The highest BCUT2D eigenvalue weighted by atomic mass is 35.5. The molecule has 0 aliphatic heterocycles. The molecule has 0 aliphatic carbocycles. The Balaban J connectivity index is 3.15. The Kier molecular flexibility index (Phi) is 3.48. The highest BCUT2D eigenvalue weighted by molar-refractivity contribution is 6.31. The second-order valence-corrected chi connectivity index (χ2v) is 3.83. The van der Waals surface area contributed by atoms with Gasteiger partial charge in [-0.1, -0.05) is 11.6 Å². The third-order valence-electron chi connectivity index (χ3n) is 2.09. The van der Waals surface area contributed by atoms with Crippen molar-refractivity contribution in [2.45, 2.75) is 26.0 Å². The van der Waals surface area contributed by atoms with Gasteiger partial charge in [0, 0.05) is 16.6 Å². The summed E-state index contributed by atoms with van der Waals surface area (Å²) >= 11 is 5.72. The normalized spacial score (nSPS) is 15.3. The number of benzene rings is 1. The maximum Gasteiger partial charge on any atom is 0.130 e. The van der Waals surface area contributed by atoms with Gasteiger partial charge in [-0.2, -0.15) is 0 Å². The average molecular weight is 218 g/mol. The van der Waals surface area contributed by atoms with Crippen molar-refractivity contribution < 1.29 is 9.50 Å². The molecule has 0 fully saturated rings. The molecule has 0 aliphatic rings. The van der Waals surface area contributed by atoms with Crippen molar-refractivity contribution in [1.82, 2.24) is 0 Å². The van der Waals surface area contributed by atoms with Crippen LogP contribution in [0.2, 0.25) is 5.02 Å². The standard InChI is InChI=1S/C10H13ClFNO/c1-5-3-7(10(14)6(2)13)9(12)4-8(5)11/h3-4,6,10,14H,13H2,1-2H3/t6-,10-/m1/s1. The summed E-state index contributed by atoms with van der Waals surface area (Å²) in [6, 6.07) is 2.20. The van der Waals surface area contributed by atoms with Gasteiger partial charge < -0.3 is 10.8 Å². The van der Waals surface area contributed by atoms with Gasteiger partial charge in [0.1, 0.15) is 5.82 Å². The molecule has 2 atom stereocenters. The second kappa shape index (κ2) is 4.26. The first kappa shape index (κ1) is 11.4. The Morgan fingerprint density at radius 2 is 2.07 bits per heavy atom. The number of hydrogen-bond acceptors (Lipinski definition) is 2. The van der Waals surface area contributed by atoms with Crippen LogP contribution in [-0.4, -0.2) is 11.1 Å². The van der Waals surface area contributed by atoms with Gasteiger partial charge in [0.25, 0.3) is 0 Å². The largest absolute Gasteiger partial charge is 0.387 e. The summed E-state index contributed by atoms with van der Waals surface area (Å²) in [6.07, 6.45) is -0.994. The lowest BCUT2D eigenvalue weighted by Crippen LogP contribution is -2.25. The molecule has 0 amide bonds. The van der Waals surface area contributed by atoms with Gasteiger partial charge >= 0.3 is 0 Å². The predicted octanol–water partition coefficient (Wildman–Crippen LogP) is 2.17. The molecule has 0 heterocycles. The van der Waals surface area contributed by atoms with Crippen LogP contribution in [0.5, 0.6) is 0 Å². The van der Waals surface area contributed by atoms with Crippen LogP contribution in [-0.2, 0) is 0 Å². The summed E-state index contributed by atoms with van der Waals surface area (Å²) in [5, 5.41) is 9.94. The van der Waals surface area contributed by atoms with E-state index in [0.717, 1.165) is 5.56 Å². The number of aliphatic hydroxyl groups is 1. The molecule has 0 saturated heterocycles. The van der Waals surface area contributed by atoms with Crippen LogP contribution >= 0.6 is 11.6 Å². The number of hydrogen-bond donors (Lipinski definition) is 2. The van der Waals surface area contributed by atoms with Crippen LogP contribution in [0.25, 0.3) is 0 Å². The summed E-state index contributed by atoms with van der Waals surface area (Å²) < 4.78 is 13.3. The van der Waals surface area contributed by atoms with E-state index in [-0.39, 0.29) is 5.56 Å². The number of aryl methyl sites for hydroxylation is 1. The van der Waals surface area contributed by atoms with E-state index in [9.17, 15) is 9.50 Å². The fourth-order valence-corrected chi connectivity index (χ4v) is 1.34. The lowest BCUT2D eigenvalue weighted by atomic mass is 10.0. The van der Waals surface area contributed by atoms with Crippen LogP contribution < -0.4 is 5.73 Å². The zero-order chi connectivity index (χ0) is 10.9. The summed E-state index contributed by atoms with van der Waals surface area (Å²) in [5.41, 5.74) is 6.40. The van der Waals surface area contributed by atoms with E-state index in [1.54, 1.807) is 13.8 Å². The van der Waals surface area contributed by atoms with Crippen LogP contribution in [0.1, 0.15) is 24.2 Å². The molecule has 78 valence electrons. The van der Waals surface area contributed by atoms with Gasteiger partial charge in [0.15, 0.2) is 0 Å². The molecule has 3 N–H and O–H groups in total. The Morgan fingerprint density at radius 3 is 2.57 bits per heavy atom. The predicted molar refractivity (Wildman–Crippen MR) is 54.8 cm³/mol. The van der Waals surface area contributed by atoms with Crippen molar-refractivity contribution in [3.63, 3.8) is 0 Å². The lowest BCUT2D eigenvalue weighted by molar-refractivity contribution is 0.149. The van der Waals surface area contributed by atoms with E-state index >= 15 is 0 Å². The van der Waals surface area contributed by atoms with Gasteiger partial charge in [-0.3, -0.25) is 0 Å². The Bertz CT molecular complexity index is 341. The molecule has 1 aromatic carbocycles. The first-order valence-electron chi connectivity index (χ1n) is 4.32. The fraction of sp³-hybridized carbons (Fsp3) is 0.400. The molecule has 2 nitrogen and oxygen atoms in total. The van der Waals surface area contributed by atoms with E-state index in [1.165, 1.54) is 12.1 Å². The lowest BCUT2D eigenvalue weighted by Gasteiger charge is -2.16. The van der Waals surface area contributed by atoms with Crippen molar-refractivity contribution in [3.8, 4) is 0 Å². The average Bonchev–Trinajstić information content (AvgIpc) is 2.10. The van der Waals surface area contributed by atoms with E-state index < -0.39 is 18.0 Å². The van der Waals surface area contributed by atoms with E-state index in [1.807, 2.05) is 0 Å². The van der Waals surface area contributed by atoms with E-state index in [4.69, 9.17) is 17.3 Å². The van der Waals surface area contributed by atoms with Crippen molar-refractivity contribution >= 4 is 11.6 Å². The van der Waals surface area contributed by atoms with Crippen molar-refractivity contribution in [1.29, 1.82) is 0 Å². The molecule has 14 heavy (non-hydrogen) atoms. The Labute approximate surface area is 87.5 Å². The monoisotopic (exact) mass is 217 g/mol. The zero-order valence-corrected chi connectivity index (χ0v) is 8.85. The maximum atomic E-state index is 13.3. The van der Waals surface area contributed by atoms with Crippen molar-refractivity contribution in [3.05, 3.63) is 34.1 Å². The van der Waals surface area contributed by atoms with Gasteiger partial charge in [-0.05, 0) is 31.5 Å². The van der Waals surface area contributed by atoms with Crippen molar-refractivity contribution in [2.24, 2.45) is 5.73 Å². The molecule has 0 bridgehead atoms. The van der Waals surface area contributed by atoms with Crippen LogP contribution in [0.15, 0.2) is 12.1 Å². The van der Waals surface area contributed by atoms with Gasteiger partial charge in [-0.25, -0.2) is 4.39 Å². The highest BCUT2D eigenvalue weighted by Crippen LogP contribution is 2.25. The highest BCUT2D eigenvalue weighted by Gasteiger charge is 2.17. The topological polar surface area (TPSA) is 46.2 Å². The quantitative estimate of drug-likeness (QED) is 0.798. The molecular weight excluding hydrogens is 205 g/mol. The van der Waals surface area contributed by atoms with Crippen LogP contribution in [0.3, 0.4) is 0 Å². The summed E-state index contributed by atoms with van der Waals surface area (Å²) in [5.74, 6) is -0.523. The minimum atomic E-state index is -0.994. The maximum absolute atomic E-state index is 13.3. The van der Waals surface area contributed by atoms with E-state index in [0.29, 0.717) is 5.02 Å². The Morgan fingerprint density at radius 1 is 1.50 bits per heavy atom. The minimum absolute atomic E-state index is 0.196. The molecule has 1 rings (SSSR count). The SMILES string of the molecule is Cc1cc([C@H](O)[C@@H](C)N)c(F)cc1Cl. The molecule has 0 radical (unpaired) electrons. The number of halogens is 2. The van der Waals surface area contributed by atoms with Gasteiger partial charge in [0.2, 0.25) is 0 Å². The van der Waals surface area contributed by atoms with Crippen LogP contribution in [0.4, 0.5) is 4.39 Å². The van der Waals surface area contributed by atoms with E-state index in [2.05, 4.69) is 0 Å². The minimum Gasteiger partial charge on any atom is -0.387 e. The smallest absolute Gasteiger partial charge is 0.130 e. The summed E-state index contributed by atoms with van der Waals surface area (Å²) in [6.45, 7) is 3.37. The zero-order valence-electron chi connectivity index (χ0n) is 8.09. The molecule has 0 spiro atoms. The summed E-state index contributed by atoms with van der Waals surface area (Å²) in [4.78, 5) is 0. The fourth-order valence-electron chi connectivity index (χ4n) is 1.19. The summed E-state index contributed by atoms with van der Waals surface area (Å²) in [7, 11) is 0. The van der Waals surface area contributed by atoms with Gasteiger partial charge in [-0.15, -0.1) is 0 Å². The number of rotatable bonds is 2. The molecular formula is C10H13ClFNO. The molecule has 0 saturated carbocycles. The number of aliphatic hydroxyl groups excluding tert-OH is 1. The van der Waals surface area contributed by atoms with Crippen LogP contribution in [0, 0.1) is 12.7 Å². The third kappa shape index (κ3) is 2.23. The second-order valence-electron chi connectivity index (χ2n) is 3.43. The Hall–Kier alpha value is -0.640. The molecule has 1 aromatic rings. The third-order valence-corrected chi connectivity index (χ3v) is 2.50. The molecule has 4 heteroatoms. The van der Waals surface area contributed by atoms with Gasteiger partial charge in [0.05, 0.1) is 6.10 Å². The molecule has 0 aromatic heterocycles. The van der Waals surface area contributed by atoms with Crippen molar-refractivity contribution in [2.75, 3.05) is 0 Å². The number of nitrogens with two attached hydrogens (primary N) is 1. The molecule has 0 unspecified atom stereocenters. The first-order chi connectivity index (χ1) is 6.43.